The van der Waals surface area contributed by atoms with E-state index in [1.807, 2.05) is 54.6 Å². The normalized spacial score (nSPS) is 16.9. The van der Waals surface area contributed by atoms with E-state index in [0.717, 1.165) is 36.9 Å². The molecular formula is C22H21N5O2. The van der Waals surface area contributed by atoms with Crippen LogP contribution in [0.1, 0.15) is 30.1 Å². The average Bonchev–Trinajstić information content (AvgIpc) is 3.27. The quantitative estimate of drug-likeness (QED) is 0.579. The van der Waals surface area contributed by atoms with Crippen molar-refractivity contribution < 1.29 is 4.52 Å². The van der Waals surface area contributed by atoms with Crippen LogP contribution >= 0.6 is 0 Å². The summed E-state index contributed by atoms with van der Waals surface area (Å²) in [5.74, 6) is 1.28. The van der Waals surface area contributed by atoms with Crippen molar-refractivity contribution >= 4 is 10.8 Å². The summed E-state index contributed by atoms with van der Waals surface area (Å²) in [7, 11) is 0. The molecule has 0 bridgehead atoms. The number of hydrogen-bond donors (Lipinski definition) is 1. The smallest absolute Gasteiger partial charge is 0.279 e. The molecule has 146 valence electrons. The van der Waals surface area contributed by atoms with Gasteiger partial charge in [0.2, 0.25) is 0 Å². The summed E-state index contributed by atoms with van der Waals surface area (Å²) in [5, 5.41) is 13.5. The van der Waals surface area contributed by atoms with Gasteiger partial charge in [0.05, 0.1) is 11.9 Å². The standard InChI is InChI=1S/C22H21N5O2/c28-22-18-11-5-4-10-17(18)19(25-27(22)14-15-7-2-1-3-8-15)21-24-20(26-29-21)16-9-6-12-23-13-16/h1-5,7-8,10-11,16,23H,6,9,12-14H2. The molecule has 5 rings (SSSR count). The van der Waals surface area contributed by atoms with Gasteiger partial charge in [0.25, 0.3) is 11.4 Å². The third-order valence-corrected chi connectivity index (χ3v) is 5.35. The van der Waals surface area contributed by atoms with E-state index in [1.54, 1.807) is 0 Å². The number of benzene rings is 2. The van der Waals surface area contributed by atoms with Gasteiger partial charge < -0.3 is 9.84 Å². The van der Waals surface area contributed by atoms with Crippen molar-refractivity contribution in [2.24, 2.45) is 0 Å². The van der Waals surface area contributed by atoms with Crippen LogP contribution in [-0.4, -0.2) is 33.0 Å². The van der Waals surface area contributed by atoms with Crippen LogP contribution < -0.4 is 10.9 Å². The van der Waals surface area contributed by atoms with E-state index in [0.29, 0.717) is 29.3 Å². The third-order valence-electron chi connectivity index (χ3n) is 5.35. The highest BCUT2D eigenvalue weighted by molar-refractivity contribution is 5.91. The van der Waals surface area contributed by atoms with Crippen LogP contribution in [0.5, 0.6) is 0 Å². The minimum Gasteiger partial charge on any atom is -0.332 e. The van der Waals surface area contributed by atoms with Gasteiger partial charge in [-0.05, 0) is 31.0 Å². The van der Waals surface area contributed by atoms with Crippen molar-refractivity contribution in [2.75, 3.05) is 13.1 Å². The van der Waals surface area contributed by atoms with Crippen molar-refractivity contribution in [3.05, 3.63) is 76.3 Å². The van der Waals surface area contributed by atoms with Crippen LogP contribution in [0.3, 0.4) is 0 Å². The maximum absolute atomic E-state index is 13.0. The highest BCUT2D eigenvalue weighted by atomic mass is 16.5. The summed E-state index contributed by atoms with van der Waals surface area (Å²) in [5.41, 5.74) is 1.41. The minimum absolute atomic E-state index is 0.135. The number of aromatic nitrogens is 4. The summed E-state index contributed by atoms with van der Waals surface area (Å²) in [6.07, 6.45) is 2.13. The molecule has 1 saturated heterocycles. The molecular weight excluding hydrogens is 366 g/mol. The van der Waals surface area contributed by atoms with E-state index in [4.69, 9.17) is 4.52 Å². The Morgan fingerprint density at radius 3 is 2.66 bits per heavy atom. The molecule has 1 aliphatic heterocycles. The van der Waals surface area contributed by atoms with Crippen molar-refractivity contribution in [1.82, 2.24) is 25.2 Å². The van der Waals surface area contributed by atoms with Crippen LogP contribution in [0.4, 0.5) is 0 Å². The van der Waals surface area contributed by atoms with E-state index in [1.165, 1.54) is 4.68 Å². The highest BCUT2D eigenvalue weighted by Crippen LogP contribution is 2.27. The molecule has 1 N–H and O–H groups in total. The Morgan fingerprint density at radius 2 is 1.86 bits per heavy atom. The fraction of sp³-hybridized carbons (Fsp3) is 0.273. The van der Waals surface area contributed by atoms with Gasteiger partial charge in [-0.2, -0.15) is 10.1 Å². The first-order chi connectivity index (χ1) is 14.3. The van der Waals surface area contributed by atoms with Gasteiger partial charge in [0, 0.05) is 17.8 Å². The highest BCUT2D eigenvalue weighted by Gasteiger charge is 2.23. The molecule has 3 heterocycles. The van der Waals surface area contributed by atoms with E-state index >= 15 is 0 Å². The average molecular weight is 387 g/mol. The van der Waals surface area contributed by atoms with E-state index in [-0.39, 0.29) is 11.5 Å². The minimum atomic E-state index is -0.135. The molecule has 0 aliphatic carbocycles. The summed E-state index contributed by atoms with van der Waals surface area (Å²) >= 11 is 0. The molecule has 0 amide bonds. The summed E-state index contributed by atoms with van der Waals surface area (Å²) < 4.78 is 7.06. The maximum atomic E-state index is 13.0. The van der Waals surface area contributed by atoms with Crippen LogP contribution in [0.25, 0.3) is 22.4 Å². The van der Waals surface area contributed by atoms with E-state index in [2.05, 4.69) is 20.6 Å². The van der Waals surface area contributed by atoms with Crippen molar-refractivity contribution in [1.29, 1.82) is 0 Å². The molecule has 0 saturated carbocycles. The summed E-state index contributed by atoms with van der Waals surface area (Å²) in [6, 6.07) is 17.2. The molecule has 1 unspecified atom stereocenters. The molecule has 1 atom stereocenters. The lowest BCUT2D eigenvalue weighted by Crippen LogP contribution is -2.28. The van der Waals surface area contributed by atoms with Crippen molar-refractivity contribution in [3.8, 4) is 11.6 Å². The van der Waals surface area contributed by atoms with Gasteiger partial charge >= 0.3 is 0 Å². The zero-order valence-corrected chi connectivity index (χ0v) is 15.9. The zero-order chi connectivity index (χ0) is 19.6. The molecule has 2 aromatic carbocycles. The first-order valence-electron chi connectivity index (χ1n) is 9.88. The zero-order valence-electron chi connectivity index (χ0n) is 15.9. The van der Waals surface area contributed by atoms with E-state index in [9.17, 15) is 4.79 Å². The Labute approximate surface area is 167 Å². The SMILES string of the molecule is O=c1c2ccccc2c(-c2nc(C3CCCNC3)no2)nn1Cc1ccccc1. The van der Waals surface area contributed by atoms with Crippen molar-refractivity contribution in [3.63, 3.8) is 0 Å². The predicted octanol–water partition coefficient (Wildman–Crippen LogP) is 2.96. The second kappa shape index (κ2) is 7.60. The molecule has 0 spiro atoms. The van der Waals surface area contributed by atoms with Gasteiger partial charge in [-0.1, -0.05) is 53.7 Å². The van der Waals surface area contributed by atoms with Crippen molar-refractivity contribution in [2.45, 2.75) is 25.3 Å². The Bertz CT molecular complexity index is 1190. The van der Waals surface area contributed by atoms with Gasteiger partial charge in [0.1, 0.15) is 0 Å². The van der Waals surface area contributed by atoms with Gasteiger partial charge in [-0.25, -0.2) is 4.68 Å². The first kappa shape index (κ1) is 17.8. The Morgan fingerprint density at radius 1 is 1.07 bits per heavy atom. The van der Waals surface area contributed by atoms with Crippen LogP contribution in [0, 0.1) is 0 Å². The fourth-order valence-electron chi connectivity index (χ4n) is 3.83. The molecule has 2 aromatic heterocycles. The topological polar surface area (TPSA) is 85.8 Å². The summed E-state index contributed by atoms with van der Waals surface area (Å²) in [6.45, 7) is 2.25. The van der Waals surface area contributed by atoms with Gasteiger partial charge in [-0.3, -0.25) is 4.79 Å². The second-order valence-electron chi connectivity index (χ2n) is 7.34. The monoisotopic (exact) mass is 387 g/mol. The molecule has 1 aliphatic rings. The fourth-order valence-corrected chi connectivity index (χ4v) is 3.83. The van der Waals surface area contributed by atoms with Crippen LogP contribution in [0.2, 0.25) is 0 Å². The lowest BCUT2D eigenvalue weighted by atomic mass is 9.99. The third kappa shape index (κ3) is 3.45. The number of fused-ring (bicyclic) bond motifs is 1. The molecule has 29 heavy (non-hydrogen) atoms. The second-order valence-corrected chi connectivity index (χ2v) is 7.34. The molecule has 7 heteroatoms. The van der Waals surface area contributed by atoms with Crippen LogP contribution in [-0.2, 0) is 6.54 Å². The number of nitrogens with zero attached hydrogens (tertiary/aromatic N) is 4. The molecule has 7 nitrogen and oxygen atoms in total. The number of nitrogens with one attached hydrogen (secondary N) is 1. The van der Waals surface area contributed by atoms with Gasteiger partial charge in [-0.15, -0.1) is 0 Å². The Balaban J connectivity index is 1.60. The lowest BCUT2D eigenvalue weighted by Gasteiger charge is -2.19. The molecule has 4 aromatic rings. The summed E-state index contributed by atoms with van der Waals surface area (Å²) in [4.78, 5) is 17.6. The predicted molar refractivity (Wildman–Crippen MR) is 110 cm³/mol. The van der Waals surface area contributed by atoms with Crippen LogP contribution in [0.15, 0.2) is 63.9 Å². The largest absolute Gasteiger partial charge is 0.332 e. The molecule has 1 fully saturated rings. The number of hydrogen-bond acceptors (Lipinski definition) is 6. The Kier molecular flexibility index (Phi) is 4.65. The Hall–Kier alpha value is -3.32. The van der Waals surface area contributed by atoms with E-state index < -0.39 is 0 Å². The number of rotatable bonds is 4. The maximum Gasteiger partial charge on any atom is 0.279 e. The van der Waals surface area contributed by atoms with Gasteiger partial charge in [0.15, 0.2) is 11.5 Å². The number of piperidine rings is 1. The first-order valence-corrected chi connectivity index (χ1v) is 9.88. The molecule has 0 radical (unpaired) electrons. The lowest BCUT2D eigenvalue weighted by molar-refractivity contribution is 0.392.